The topological polar surface area (TPSA) is 113 Å². The molecule has 0 bridgehead atoms. The van der Waals surface area contributed by atoms with E-state index in [4.69, 9.17) is 28.4 Å². The predicted octanol–water partition coefficient (Wildman–Crippen LogP) is 4.90. The van der Waals surface area contributed by atoms with E-state index in [0.717, 1.165) is 5.56 Å². The van der Waals surface area contributed by atoms with Crippen LogP contribution in [0.15, 0.2) is 84.9 Å². The molecule has 9 nitrogen and oxygen atoms in total. The molecule has 2 N–H and O–H groups in total. The second-order valence-corrected chi connectivity index (χ2v) is 10.4. The van der Waals surface area contributed by atoms with Gasteiger partial charge in [-0.3, -0.25) is 4.79 Å². The van der Waals surface area contributed by atoms with Gasteiger partial charge in [-0.05, 0) is 58.7 Å². The van der Waals surface area contributed by atoms with Gasteiger partial charge in [0.25, 0.3) is 0 Å². The molecule has 3 atom stereocenters. The van der Waals surface area contributed by atoms with E-state index in [1.54, 1.807) is 36.4 Å². The van der Waals surface area contributed by atoms with E-state index >= 15 is 0 Å². The van der Waals surface area contributed by atoms with Crippen LogP contribution in [-0.2, 0) is 26.5 Å². The molecule has 3 unspecified atom stereocenters. The van der Waals surface area contributed by atoms with Crippen molar-refractivity contribution in [2.75, 3.05) is 34.2 Å². The Hall–Kier alpha value is -3.37. The van der Waals surface area contributed by atoms with Crippen LogP contribution in [0.5, 0.6) is 28.7 Å². The van der Waals surface area contributed by atoms with Crippen molar-refractivity contribution in [2.45, 2.75) is 18.1 Å². The Kier molecular flexibility index (Phi) is 10.00. The standard InChI is InChI=1S/C34H32O9.Pr/c1-38-24-10-12-26(29(18-24)41-15-14-40-19-21-6-4-3-5-7-21)34(37)27-17-23(35)9-11-25(27)31(32(34)33(36)39-2)22-8-13-28-30(16-22)43-20-42-28;/h3-13,16-18,31-32,35,37H,14-15,19-20H2,1-2H3;. The van der Waals surface area contributed by atoms with Gasteiger partial charge >= 0.3 is 5.97 Å². The molecule has 0 saturated heterocycles. The van der Waals surface area contributed by atoms with E-state index in [1.807, 2.05) is 36.4 Å². The van der Waals surface area contributed by atoms with Gasteiger partial charge in [0.05, 0.1) is 27.4 Å². The predicted molar refractivity (Wildman–Crippen MR) is 156 cm³/mol. The molecule has 2 aliphatic rings. The summed E-state index contributed by atoms with van der Waals surface area (Å²) >= 11 is 0. The summed E-state index contributed by atoms with van der Waals surface area (Å²) in [6, 6.07) is 25.0. The number of ether oxygens (including phenoxy) is 6. The van der Waals surface area contributed by atoms with Gasteiger partial charge in [-0.2, -0.15) is 0 Å². The van der Waals surface area contributed by atoms with E-state index in [1.165, 1.54) is 26.4 Å². The second kappa shape index (κ2) is 13.7. The molecule has 0 aromatic heterocycles. The summed E-state index contributed by atoms with van der Waals surface area (Å²) in [6.45, 7) is 0.972. The number of phenolic OH excluding ortho intramolecular Hbond substituents is 1. The summed E-state index contributed by atoms with van der Waals surface area (Å²) in [5.41, 5.74) is 1.14. The maximum Gasteiger partial charge on any atom is 0.313 e. The van der Waals surface area contributed by atoms with Crippen molar-refractivity contribution in [3.63, 3.8) is 0 Å². The molecule has 225 valence electrons. The van der Waals surface area contributed by atoms with Gasteiger partial charge in [-0.15, -0.1) is 0 Å². The fraction of sp³-hybridized carbons (Fsp3) is 0.265. The fourth-order valence-electron chi connectivity index (χ4n) is 6.00. The molecule has 44 heavy (non-hydrogen) atoms. The summed E-state index contributed by atoms with van der Waals surface area (Å²) in [7, 11) is 2.82. The minimum Gasteiger partial charge on any atom is -0.508 e. The molecule has 0 fully saturated rings. The van der Waals surface area contributed by atoms with Crippen molar-refractivity contribution in [2.24, 2.45) is 5.92 Å². The molecule has 1 heterocycles. The largest absolute Gasteiger partial charge is 0.508 e. The first-order valence-corrected chi connectivity index (χ1v) is 13.9. The van der Waals surface area contributed by atoms with E-state index in [0.29, 0.717) is 51.9 Å². The zero-order chi connectivity index (χ0) is 30.0. The van der Waals surface area contributed by atoms with E-state index in [9.17, 15) is 15.0 Å². The Bertz CT molecular complexity index is 1630. The number of aliphatic hydroxyl groups is 1. The average Bonchev–Trinajstić information content (AvgIpc) is 3.61. The van der Waals surface area contributed by atoms with E-state index in [2.05, 4.69) is 0 Å². The molecule has 0 spiro atoms. The van der Waals surface area contributed by atoms with Crippen molar-refractivity contribution in [3.8, 4) is 28.7 Å². The number of hydrogen-bond donors (Lipinski definition) is 2. The zero-order valence-corrected chi connectivity index (χ0v) is 28.1. The maximum atomic E-state index is 13.7. The summed E-state index contributed by atoms with van der Waals surface area (Å²) in [6.07, 6.45) is 0. The third-order valence-corrected chi connectivity index (χ3v) is 7.97. The number of hydrogen-bond acceptors (Lipinski definition) is 9. The summed E-state index contributed by atoms with van der Waals surface area (Å²) < 4.78 is 33.8. The molecule has 10 heteroatoms. The van der Waals surface area contributed by atoms with Crippen LogP contribution in [0, 0.1) is 47.2 Å². The third kappa shape index (κ3) is 5.98. The summed E-state index contributed by atoms with van der Waals surface area (Å²) in [4.78, 5) is 13.7. The first-order valence-electron chi connectivity index (χ1n) is 13.9. The van der Waals surface area contributed by atoms with Gasteiger partial charge in [-0.1, -0.05) is 42.5 Å². The normalized spacial score (nSPS) is 19.5. The van der Waals surface area contributed by atoms with Crippen molar-refractivity contribution in [1.29, 1.82) is 0 Å². The van der Waals surface area contributed by atoms with Gasteiger partial charge in [0.1, 0.15) is 35.4 Å². The molecule has 0 amide bonds. The Morgan fingerprint density at radius 3 is 2.48 bits per heavy atom. The Balaban J connectivity index is 0.00000384. The number of rotatable bonds is 10. The number of aromatic hydroxyl groups is 1. The summed E-state index contributed by atoms with van der Waals surface area (Å²) in [5, 5.41) is 23.4. The van der Waals surface area contributed by atoms with Crippen LogP contribution in [-0.4, -0.2) is 50.4 Å². The van der Waals surface area contributed by atoms with Crippen LogP contribution in [0.1, 0.15) is 33.7 Å². The molecule has 1 aliphatic carbocycles. The number of benzene rings is 4. The SMILES string of the molecule is COC(=O)C1C(c2ccc3c(c2)OCO3)c2ccc(O)cc2C1(O)c1ccc(OC)cc1OCCOCc1ccccc1.[Pr]. The monoisotopic (exact) mass is 725 g/mol. The first kappa shape index (κ1) is 32.0. The molecule has 1 aliphatic heterocycles. The molecular formula is C34H32O9Pr. The minimum atomic E-state index is -1.95. The summed E-state index contributed by atoms with van der Waals surface area (Å²) in [5.74, 6) is -0.528. The van der Waals surface area contributed by atoms with Crippen LogP contribution in [0.3, 0.4) is 0 Å². The van der Waals surface area contributed by atoms with E-state index < -0.39 is 23.4 Å². The number of carbonyl (C=O) groups is 1. The van der Waals surface area contributed by atoms with Gasteiger partial charge in [0.2, 0.25) is 6.79 Å². The molecule has 6 rings (SSSR count). The Morgan fingerprint density at radius 1 is 0.909 bits per heavy atom. The van der Waals surface area contributed by atoms with Crippen LogP contribution in [0.25, 0.3) is 0 Å². The Morgan fingerprint density at radius 2 is 1.70 bits per heavy atom. The zero-order valence-electron chi connectivity index (χ0n) is 24.4. The van der Waals surface area contributed by atoms with Crippen molar-refractivity contribution in [3.05, 3.63) is 113 Å². The second-order valence-electron chi connectivity index (χ2n) is 10.4. The molecule has 0 saturated carbocycles. The molecule has 4 aromatic rings. The molecular weight excluding hydrogens is 693 g/mol. The van der Waals surface area contributed by atoms with Gasteiger partial charge in [-0.25, -0.2) is 0 Å². The van der Waals surface area contributed by atoms with E-state index in [-0.39, 0.29) is 67.0 Å². The smallest absolute Gasteiger partial charge is 0.313 e. The maximum absolute atomic E-state index is 13.7. The first-order chi connectivity index (χ1) is 20.9. The van der Waals surface area contributed by atoms with Crippen molar-refractivity contribution >= 4 is 5.97 Å². The third-order valence-electron chi connectivity index (χ3n) is 7.97. The van der Waals surface area contributed by atoms with Crippen LogP contribution in [0.4, 0.5) is 0 Å². The van der Waals surface area contributed by atoms with Crippen molar-refractivity contribution < 1.29 is 84.7 Å². The van der Waals surface area contributed by atoms with Crippen molar-refractivity contribution in [1.82, 2.24) is 0 Å². The number of fused-ring (bicyclic) bond motifs is 2. The van der Waals surface area contributed by atoms with Crippen LogP contribution < -0.4 is 18.9 Å². The van der Waals surface area contributed by atoms with Gasteiger partial charge in [0, 0.05) is 58.8 Å². The number of carbonyl (C=O) groups excluding carboxylic acids is 1. The minimum absolute atomic E-state index is 0. The number of phenols is 1. The quantitative estimate of drug-likeness (QED) is 0.174. The Labute approximate surface area is 288 Å². The number of esters is 1. The molecule has 4 aromatic carbocycles. The fourth-order valence-corrected chi connectivity index (χ4v) is 6.00. The van der Waals surface area contributed by atoms with Gasteiger partial charge < -0.3 is 38.6 Å². The molecule has 1 radical (unpaired) electrons. The average molecular weight is 726 g/mol. The van der Waals surface area contributed by atoms with Crippen LogP contribution >= 0.6 is 0 Å². The number of methoxy groups -OCH3 is 2. The van der Waals surface area contributed by atoms with Crippen LogP contribution in [0.2, 0.25) is 0 Å². The van der Waals surface area contributed by atoms with Gasteiger partial charge in [0.15, 0.2) is 11.5 Å².